The Morgan fingerprint density at radius 3 is 2.74 bits per heavy atom. The predicted molar refractivity (Wildman–Crippen MR) is 73.5 cm³/mol. The summed E-state index contributed by atoms with van der Waals surface area (Å²) < 4.78 is 0. The fraction of sp³-hybridized carbons (Fsp3) is 0.667. The summed E-state index contributed by atoms with van der Waals surface area (Å²) in [5, 5.41) is 14.3. The third-order valence-corrected chi connectivity index (χ3v) is 3.18. The van der Waals surface area contributed by atoms with Crippen LogP contribution in [0.15, 0.2) is 6.33 Å². The van der Waals surface area contributed by atoms with Gasteiger partial charge in [-0.05, 0) is 25.7 Å². The lowest BCUT2D eigenvalue weighted by molar-refractivity contribution is -0.383. The topological polar surface area (TPSA) is 84.2 Å². The van der Waals surface area contributed by atoms with Gasteiger partial charge in [-0.25, -0.2) is 9.97 Å². The molecule has 1 N–H and O–H groups in total. The molecule has 104 valence electrons. The van der Waals surface area contributed by atoms with Crippen molar-refractivity contribution in [3.8, 4) is 0 Å². The Labute approximate surface area is 112 Å². The van der Waals surface area contributed by atoms with Crippen LogP contribution in [0.2, 0.25) is 0 Å². The van der Waals surface area contributed by atoms with Crippen LogP contribution < -0.4 is 10.2 Å². The monoisotopic (exact) mass is 265 g/mol. The summed E-state index contributed by atoms with van der Waals surface area (Å²) in [6, 6.07) is 0. The zero-order chi connectivity index (χ0) is 13.7. The minimum Gasteiger partial charge on any atom is -0.364 e. The Kier molecular flexibility index (Phi) is 4.48. The highest BCUT2D eigenvalue weighted by molar-refractivity contribution is 5.70. The molecule has 1 aromatic heterocycles. The van der Waals surface area contributed by atoms with Gasteiger partial charge in [0.25, 0.3) is 0 Å². The van der Waals surface area contributed by atoms with Crippen LogP contribution in [0.4, 0.5) is 17.3 Å². The van der Waals surface area contributed by atoms with E-state index in [0.717, 1.165) is 32.4 Å². The van der Waals surface area contributed by atoms with Gasteiger partial charge in [0.2, 0.25) is 11.6 Å². The molecule has 1 saturated heterocycles. The second-order valence-corrected chi connectivity index (χ2v) is 4.63. The van der Waals surface area contributed by atoms with Crippen molar-refractivity contribution in [1.29, 1.82) is 0 Å². The van der Waals surface area contributed by atoms with E-state index < -0.39 is 0 Å². The molecule has 2 rings (SSSR count). The van der Waals surface area contributed by atoms with Crippen LogP contribution in [-0.2, 0) is 0 Å². The quantitative estimate of drug-likeness (QED) is 0.649. The summed E-state index contributed by atoms with van der Waals surface area (Å²) in [4.78, 5) is 21.0. The Morgan fingerprint density at radius 1 is 1.37 bits per heavy atom. The van der Waals surface area contributed by atoms with Gasteiger partial charge in [0, 0.05) is 19.6 Å². The van der Waals surface area contributed by atoms with Gasteiger partial charge in [-0.2, -0.15) is 0 Å². The van der Waals surface area contributed by atoms with Crippen molar-refractivity contribution < 1.29 is 4.92 Å². The van der Waals surface area contributed by atoms with Gasteiger partial charge in [-0.1, -0.05) is 6.92 Å². The third kappa shape index (κ3) is 3.10. The fourth-order valence-corrected chi connectivity index (χ4v) is 2.25. The second kappa shape index (κ2) is 6.31. The first kappa shape index (κ1) is 13.5. The second-order valence-electron chi connectivity index (χ2n) is 4.63. The van der Waals surface area contributed by atoms with Gasteiger partial charge < -0.3 is 10.2 Å². The highest BCUT2D eigenvalue weighted by Crippen LogP contribution is 2.32. The highest BCUT2D eigenvalue weighted by Gasteiger charge is 2.27. The van der Waals surface area contributed by atoms with Gasteiger partial charge in [0.1, 0.15) is 6.33 Å². The molecule has 0 saturated carbocycles. The summed E-state index contributed by atoms with van der Waals surface area (Å²) in [7, 11) is 0. The van der Waals surface area contributed by atoms with E-state index in [1.807, 2.05) is 11.8 Å². The van der Waals surface area contributed by atoms with Crippen molar-refractivity contribution in [2.24, 2.45) is 0 Å². The van der Waals surface area contributed by atoms with Crippen LogP contribution in [0.25, 0.3) is 0 Å². The molecule has 0 radical (unpaired) electrons. The summed E-state index contributed by atoms with van der Waals surface area (Å²) in [5.74, 6) is 0.765. The summed E-state index contributed by atoms with van der Waals surface area (Å²) in [5.41, 5.74) is -0.00199. The molecule has 1 aromatic rings. The molecular formula is C12H19N5O2. The number of nitro groups is 1. The van der Waals surface area contributed by atoms with Gasteiger partial charge in [-0.3, -0.25) is 10.1 Å². The number of nitrogens with one attached hydrogen (secondary N) is 1. The van der Waals surface area contributed by atoms with Gasteiger partial charge in [-0.15, -0.1) is 0 Å². The van der Waals surface area contributed by atoms with Crippen LogP contribution in [0, 0.1) is 10.1 Å². The molecule has 2 heterocycles. The number of rotatable bonds is 5. The van der Waals surface area contributed by atoms with E-state index in [1.54, 1.807) is 0 Å². The summed E-state index contributed by atoms with van der Waals surface area (Å²) in [6.45, 7) is 4.32. The molecule has 0 bridgehead atoms. The molecule has 1 aliphatic rings. The minimum atomic E-state index is -0.387. The lowest BCUT2D eigenvalue weighted by atomic mass is 10.1. The fourth-order valence-electron chi connectivity index (χ4n) is 2.25. The van der Waals surface area contributed by atoms with E-state index in [-0.39, 0.29) is 10.6 Å². The van der Waals surface area contributed by atoms with Crippen molar-refractivity contribution in [2.75, 3.05) is 29.9 Å². The lowest BCUT2D eigenvalue weighted by Crippen LogP contribution is -2.31. The van der Waals surface area contributed by atoms with Crippen LogP contribution >= 0.6 is 0 Å². The van der Waals surface area contributed by atoms with E-state index >= 15 is 0 Å². The first-order valence-corrected chi connectivity index (χ1v) is 6.72. The SMILES string of the molecule is CCCNc1ncnc(N2CCCCC2)c1[N+](=O)[O-]. The van der Waals surface area contributed by atoms with Crippen molar-refractivity contribution in [3.63, 3.8) is 0 Å². The molecule has 7 nitrogen and oxygen atoms in total. The molecule has 0 aliphatic carbocycles. The zero-order valence-corrected chi connectivity index (χ0v) is 11.1. The smallest absolute Gasteiger partial charge is 0.353 e. The maximum atomic E-state index is 11.3. The van der Waals surface area contributed by atoms with E-state index in [4.69, 9.17) is 0 Å². The van der Waals surface area contributed by atoms with Gasteiger partial charge >= 0.3 is 5.69 Å². The van der Waals surface area contributed by atoms with E-state index in [2.05, 4.69) is 15.3 Å². The van der Waals surface area contributed by atoms with Crippen molar-refractivity contribution in [3.05, 3.63) is 16.4 Å². The molecule has 0 aromatic carbocycles. The van der Waals surface area contributed by atoms with Crippen LogP contribution in [0.3, 0.4) is 0 Å². The Balaban J connectivity index is 2.32. The maximum absolute atomic E-state index is 11.3. The number of hydrogen-bond acceptors (Lipinski definition) is 6. The maximum Gasteiger partial charge on any atom is 0.353 e. The molecule has 19 heavy (non-hydrogen) atoms. The molecular weight excluding hydrogens is 246 g/mol. The molecule has 0 unspecified atom stereocenters. The average Bonchev–Trinajstić information content (AvgIpc) is 2.45. The zero-order valence-electron chi connectivity index (χ0n) is 11.1. The van der Waals surface area contributed by atoms with Crippen LogP contribution in [0.5, 0.6) is 0 Å². The molecule has 1 fully saturated rings. The van der Waals surface area contributed by atoms with Gasteiger partial charge in [0.05, 0.1) is 4.92 Å². The minimum absolute atomic E-state index is 0.00199. The molecule has 0 amide bonds. The number of piperidine rings is 1. The third-order valence-electron chi connectivity index (χ3n) is 3.18. The largest absolute Gasteiger partial charge is 0.364 e. The molecule has 0 spiro atoms. The van der Waals surface area contributed by atoms with Gasteiger partial charge in [0.15, 0.2) is 0 Å². The van der Waals surface area contributed by atoms with Crippen molar-refractivity contribution in [1.82, 2.24) is 9.97 Å². The van der Waals surface area contributed by atoms with Crippen LogP contribution in [-0.4, -0.2) is 34.5 Å². The summed E-state index contributed by atoms with van der Waals surface area (Å²) in [6.07, 6.45) is 5.57. The summed E-state index contributed by atoms with van der Waals surface area (Å²) >= 11 is 0. The van der Waals surface area contributed by atoms with E-state index in [9.17, 15) is 10.1 Å². The standard InChI is InChI=1S/C12H19N5O2/c1-2-6-13-11-10(17(18)19)12(15-9-14-11)16-7-4-3-5-8-16/h9H,2-8H2,1H3,(H,13,14,15). The molecule has 1 aliphatic heterocycles. The van der Waals surface area contributed by atoms with E-state index in [0.29, 0.717) is 18.2 Å². The van der Waals surface area contributed by atoms with E-state index in [1.165, 1.54) is 12.7 Å². The van der Waals surface area contributed by atoms with Crippen molar-refractivity contribution in [2.45, 2.75) is 32.6 Å². The van der Waals surface area contributed by atoms with Crippen LogP contribution in [0.1, 0.15) is 32.6 Å². The Bertz CT molecular complexity index is 446. The Morgan fingerprint density at radius 2 is 2.11 bits per heavy atom. The Hall–Kier alpha value is -1.92. The number of hydrogen-bond donors (Lipinski definition) is 1. The highest BCUT2D eigenvalue weighted by atomic mass is 16.6. The van der Waals surface area contributed by atoms with Crippen molar-refractivity contribution >= 4 is 17.3 Å². The average molecular weight is 265 g/mol. The lowest BCUT2D eigenvalue weighted by Gasteiger charge is -2.27. The first-order valence-electron chi connectivity index (χ1n) is 6.72. The molecule has 0 atom stereocenters. The predicted octanol–water partition coefficient (Wildman–Crippen LogP) is 2.20. The number of nitrogens with zero attached hydrogens (tertiary/aromatic N) is 4. The normalized spacial score (nSPS) is 15.3. The first-order chi connectivity index (χ1) is 9.24. The number of aromatic nitrogens is 2. The molecule has 7 heteroatoms. The number of anilines is 2.